The van der Waals surface area contributed by atoms with Crippen LogP contribution in [-0.2, 0) is 0 Å². The molecule has 13 heavy (non-hydrogen) atoms. The second-order valence-corrected chi connectivity index (χ2v) is 4.96. The Morgan fingerprint density at radius 3 is 2.54 bits per heavy atom. The van der Waals surface area contributed by atoms with E-state index in [0.717, 1.165) is 0 Å². The van der Waals surface area contributed by atoms with Gasteiger partial charge in [-0.25, -0.2) is 0 Å². The van der Waals surface area contributed by atoms with E-state index >= 15 is 0 Å². The SMILES string of the molecule is CCN1CCC2(CCC(N)CC2)C1. The average Bonchev–Trinajstić information content (AvgIpc) is 2.55. The monoisotopic (exact) mass is 182 g/mol. The number of hydrogen-bond donors (Lipinski definition) is 1. The van der Waals surface area contributed by atoms with Crippen LogP contribution >= 0.6 is 0 Å². The van der Waals surface area contributed by atoms with Gasteiger partial charge in [0.15, 0.2) is 0 Å². The summed E-state index contributed by atoms with van der Waals surface area (Å²) >= 11 is 0. The molecule has 2 N–H and O–H groups in total. The molecular formula is C11H22N2. The first-order chi connectivity index (χ1) is 6.24. The summed E-state index contributed by atoms with van der Waals surface area (Å²) < 4.78 is 0. The van der Waals surface area contributed by atoms with Crippen molar-refractivity contribution in [1.82, 2.24) is 4.90 Å². The minimum Gasteiger partial charge on any atom is -0.328 e. The summed E-state index contributed by atoms with van der Waals surface area (Å²) in [4.78, 5) is 2.59. The van der Waals surface area contributed by atoms with Gasteiger partial charge in [0.1, 0.15) is 0 Å². The maximum absolute atomic E-state index is 5.94. The molecule has 1 aliphatic carbocycles. The smallest absolute Gasteiger partial charge is 0.00392 e. The molecule has 0 amide bonds. The molecule has 2 fully saturated rings. The molecule has 2 rings (SSSR count). The van der Waals surface area contributed by atoms with Gasteiger partial charge in [-0.2, -0.15) is 0 Å². The third-order valence-electron chi connectivity index (χ3n) is 4.06. The third-order valence-corrected chi connectivity index (χ3v) is 4.06. The number of nitrogens with zero attached hydrogens (tertiary/aromatic N) is 1. The predicted molar refractivity (Wildman–Crippen MR) is 55.6 cm³/mol. The van der Waals surface area contributed by atoms with E-state index in [1.807, 2.05) is 0 Å². The summed E-state index contributed by atoms with van der Waals surface area (Å²) in [5, 5.41) is 0. The molecule has 1 spiro atoms. The van der Waals surface area contributed by atoms with Crippen molar-refractivity contribution >= 4 is 0 Å². The lowest BCUT2D eigenvalue weighted by Gasteiger charge is -2.36. The Labute approximate surface area is 81.5 Å². The highest BCUT2D eigenvalue weighted by Crippen LogP contribution is 2.43. The Hall–Kier alpha value is -0.0800. The molecule has 0 atom stereocenters. The Bertz CT molecular complexity index is 171. The fraction of sp³-hybridized carbons (Fsp3) is 1.00. The third kappa shape index (κ3) is 1.89. The van der Waals surface area contributed by atoms with E-state index in [-0.39, 0.29) is 0 Å². The van der Waals surface area contributed by atoms with Gasteiger partial charge in [0.25, 0.3) is 0 Å². The second kappa shape index (κ2) is 3.58. The van der Waals surface area contributed by atoms with Crippen molar-refractivity contribution in [3.8, 4) is 0 Å². The van der Waals surface area contributed by atoms with Crippen LogP contribution in [-0.4, -0.2) is 30.6 Å². The topological polar surface area (TPSA) is 29.3 Å². The molecule has 0 radical (unpaired) electrons. The zero-order valence-corrected chi connectivity index (χ0v) is 8.76. The van der Waals surface area contributed by atoms with E-state index in [4.69, 9.17) is 5.73 Å². The Kier molecular flexibility index (Phi) is 2.61. The predicted octanol–water partition coefficient (Wildman–Crippen LogP) is 1.60. The van der Waals surface area contributed by atoms with Crippen molar-refractivity contribution < 1.29 is 0 Å². The molecule has 1 heterocycles. The van der Waals surface area contributed by atoms with E-state index in [9.17, 15) is 0 Å². The number of nitrogens with two attached hydrogens (primary N) is 1. The zero-order valence-electron chi connectivity index (χ0n) is 8.76. The summed E-state index contributed by atoms with van der Waals surface area (Å²) in [7, 11) is 0. The molecular weight excluding hydrogens is 160 g/mol. The van der Waals surface area contributed by atoms with E-state index in [1.54, 1.807) is 0 Å². The van der Waals surface area contributed by atoms with Crippen molar-refractivity contribution in [3.05, 3.63) is 0 Å². The molecule has 0 aromatic rings. The van der Waals surface area contributed by atoms with Crippen molar-refractivity contribution in [2.24, 2.45) is 11.1 Å². The quantitative estimate of drug-likeness (QED) is 0.667. The lowest BCUT2D eigenvalue weighted by molar-refractivity contribution is 0.176. The normalized spacial score (nSPS) is 41.5. The minimum atomic E-state index is 0.501. The molecule has 2 aliphatic rings. The van der Waals surface area contributed by atoms with Crippen molar-refractivity contribution in [2.75, 3.05) is 19.6 Å². The van der Waals surface area contributed by atoms with Crippen molar-refractivity contribution in [1.29, 1.82) is 0 Å². The van der Waals surface area contributed by atoms with Gasteiger partial charge in [-0.1, -0.05) is 6.92 Å². The molecule has 1 aliphatic heterocycles. The summed E-state index contributed by atoms with van der Waals surface area (Å²) in [6.07, 6.45) is 6.71. The summed E-state index contributed by atoms with van der Waals surface area (Å²) in [6, 6.07) is 0.501. The van der Waals surface area contributed by atoms with Crippen LogP contribution in [0.5, 0.6) is 0 Å². The van der Waals surface area contributed by atoms with Gasteiger partial charge in [-0.15, -0.1) is 0 Å². The minimum absolute atomic E-state index is 0.501. The number of hydrogen-bond acceptors (Lipinski definition) is 2. The summed E-state index contributed by atoms with van der Waals surface area (Å²) in [5.74, 6) is 0. The maximum Gasteiger partial charge on any atom is 0.00392 e. The van der Waals surface area contributed by atoms with Crippen LogP contribution in [0.1, 0.15) is 39.0 Å². The molecule has 0 bridgehead atoms. The summed E-state index contributed by atoms with van der Waals surface area (Å²) in [5.41, 5.74) is 6.61. The van der Waals surface area contributed by atoms with Crippen LogP contribution in [0.15, 0.2) is 0 Å². The zero-order chi connectivity index (χ0) is 9.31. The van der Waals surface area contributed by atoms with Crippen LogP contribution in [0.4, 0.5) is 0 Å². The fourth-order valence-electron chi connectivity index (χ4n) is 2.96. The summed E-state index contributed by atoms with van der Waals surface area (Å²) in [6.45, 7) is 6.17. The fourth-order valence-corrected chi connectivity index (χ4v) is 2.96. The van der Waals surface area contributed by atoms with Gasteiger partial charge in [0.2, 0.25) is 0 Å². The first-order valence-electron chi connectivity index (χ1n) is 5.72. The van der Waals surface area contributed by atoms with Crippen LogP contribution in [0, 0.1) is 5.41 Å². The number of likely N-dealkylation sites (tertiary alicyclic amines) is 1. The Morgan fingerprint density at radius 1 is 1.31 bits per heavy atom. The van der Waals surface area contributed by atoms with E-state index in [1.165, 1.54) is 51.7 Å². The first-order valence-corrected chi connectivity index (χ1v) is 5.72. The molecule has 1 saturated carbocycles. The molecule has 0 unspecified atom stereocenters. The highest BCUT2D eigenvalue weighted by molar-refractivity contribution is 4.93. The molecule has 2 heteroatoms. The largest absolute Gasteiger partial charge is 0.328 e. The molecule has 0 aromatic heterocycles. The molecule has 0 aromatic carbocycles. The van der Waals surface area contributed by atoms with Gasteiger partial charge < -0.3 is 10.6 Å². The second-order valence-electron chi connectivity index (χ2n) is 4.96. The Balaban J connectivity index is 1.92. The van der Waals surface area contributed by atoms with Gasteiger partial charge in [0.05, 0.1) is 0 Å². The standard InChI is InChI=1S/C11H22N2/c1-2-13-8-7-11(9-13)5-3-10(12)4-6-11/h10H,2-9,12H2,1H3. The van der Waals surface area contributed by atoms with Crippen LogP contribution in [0.3, 0.4) is 0 Å². The van der Waals surface area contributed by atoms with Gasteiger partial charge >= 0.3 is 0 Å². The number of rotatable bonds is 1. The molecule has 2 nitrogen and oxygen atoms in total. The van der Waals surface area contributed by atoms with Gasteiger partial charge in [-0.05, 0) is 50.6 Å². The molecule has 76 valence electrons. The maximum atomic E-state index is 5.94. The van der Waals surface area contributed by atoms with Crippen LogP contribution in [0.25, 0.3) is 0 Å². The molecule has 1 saturated heterocycles. The van der Waals surface area contributed by atoms with Crippen molar-refractivity contribution in [2.45, 2.75) is 45.1 Å². The van der Waals surface area contributed by atoms with Crippen molar-refractivity contribution in [3.63, 3.8) is 0 Å². The van der Waals surface area contributed by atoms with Gasteiger partial charge in [-0.3, -0.25) is 0 Å². The van der Waals surface area contributed by atoms with Crippen LogP contribution < -0.4 is 5.73 Å². The Morgan fingerprint density at radius 2 is 2.00 bits per heavy atom. The lowest BCUT2D eigenvalue weighted by atomic mass is 9.72. The van der Waals surface area contributed by atoms with E-state index in [2.05, 4.69) is 11.8 Å². The van der Waals surface area contributed by atoms with Crippen LogP contribution in [0.2, 0.25) is 0 Å². The van der Waals surface area contributed by atoms with E-state index in [0.29, 0.717) is 11.5 Å². The highest BCUT2D eigenvalue weighted by Gasteiger charge is 2.39. The van der Waals surface area contributed by atoms with E-state index < -0.39 is 0 Å². The average molecular weight is 182 g/mol. The lowest BCUT2D eigenvalue weighted by Crippen LogP contribution is -2.36. The first kappa shape index (κ1) is 9.47. The van der Waals surface area contributed by atoms with Gasteiger partial charge in [0, 0.05) is 12.6 Å². The highest BCUT2D eigenvalue weighted by atomic mass is 15.1.